The Morgan fingerprint density at radius 1 is 0.768 bits per heavy atom. The average Bonchev–Trinajstić information content (AvgIpc) is 3.11. The number of aliphatic carboxylic acids is 4. The van der Waals surface area contributed by atoms with Gasteiger partial charge < -0.3 is 50.6 Å². The fourth-order valence-electron chi connectivity index (χ4n) is 5.36. The number of hydrogen-bond acceptors (Lipinski definition) is 12. The Bertz CT molecular complexity index is 2310. The maximum atomic E-state index is 13.2. The fraction of sp³-hybridized carbons (Fsp3) is 0.235. The first-order chi connectivity index (χ1) is 26.3. The lowest BCUT2D eigenvalue weighted by atomic mass is 9.89. The topological polar surface area (TPSA) is 357 Å². The molecule has 1 aliphatic heterocycles. The zero-order chi connectivity index (χ0) is 41.5. The van der Waals surface area contributed by atoms with Crippen molar-refractivity contribution in [3.63, 3.8) is 0 Å². The Morgan fingerprint density at radius 3 is 2.04 bits per heavy atom. The van der Waals surface area contributed by atoms with Gasteiger partial charge in [-0.25, -0.2) is 24.0 Å². The summed E-state index contributed by atoms with van der Waals surface area (Å²) in [6.45, 7) is -1.20. The summed E-state index contributed by atoms with van der Waals surface area (Å²) in [7, 11) is -5.07. The molecule has 0 aromatic heterocycles. The molecule has 1 heterocycles. The van der Waals surface area contributed by atoms with E-state index in [1.165, 1.54) is 36.4 Å². The lowest BCUT2D eigenvalue weighted by Gasteiger charge is -2.21. The molecule has 56 heavy (non-hydrogen) atoms. The van der Waals surface area contributed by atoms with Crippen molar-refractivity contribution >= 4 is 60.4 Å². The van der Waals surface area contributed by atoms with Crippen LogP contribution in [-0.4, -0.2) is 96.8 Å². The van der Waals surface area contributed by atoms with Gasteiger partial charge in [-0.2, -0.15) is 0 Å². The molecule has 296 valence electrons. The molecule has 1 unspecified atom stereocenters. The van der Waals surface area contributed by atoms with Crippen molar-refractivity contribution in [3.8, 4) is 28.2 Å². The molecule has 4 atom stereocenters. The van der Waals surface area contributed by atoms with E-state index in [4.69, 9.17) is 14.6 Å². The number of hydrogen-bond donors (Lipinski definition) is 9. The van der Waals surface area contributed by atoms with Gasteiger partial charge >= 0.3 is 37.6 Å². The predicted octanol–water partition coefficient (Wildman–Crippen LogP) is 0.894. The van der Waals surface area contributed by atoms with Crippen LogP contribution in [0.2, 0.25) is 0 Å². The summed E-state index contributed by atoms with van der Waals surface area (Å²) >= 11 is 0. The molecule has 0 fully saturated rings. The van der Waals surface area contributed by atoms with Gasteiger partial charge in [0.2, 0.25) is 5.91 Å². The maximum Gasteiger partial charge on any atom is 0.403 e. The molecule has 2 aliphatic rings. The molecule has 21 nitrogen and oxygen atoms in total. The van der Waals surface area contributed by atoms with Gasteiger partial charge in [-0.05, 0) is 48.7 Å². The number of benzene rings is 3. The molecule has 0 saturated heterocycles. The summed E-state index contributed by atoms with van der Waals surface area (Å²) in [6.07, 6.45) is -2.71. The Balaban J connectivity index is 1.47. The van der Waals surface area contributed by atoms with Crippen molar-refractivity contribution < 1.29 is 82.6 Å². The van der Waals surface area contributed by atoms with Crippen LogP contribution >= 0.6 is 7.75 Å². The number of carbonyl (C=O) groups excluding carboxylic acids is 2. The lowest BCUT2D eigenvalue weighted by molar-refractivity contribution is -0.268. The molecular formula is C34H31N3O18P-. The second-order valence-electron chi connectivity index (χ2n) is 12.0. The molecule has 0 radical (unpaired) electrons. The zero-order valence-corrected chi connectivity index (χ0v) is 29.4. The van der Waals surface area contributed by atoms with Gasteiger partial charge in [-0.1, -0.05) is 18.2 Å². The summed E-state index contributed by atoms with van der Waals surface area (Å²) in [5.74, 6) is -10.6. The third-order valence-electron chi connectivity index (χ3n) is 8.02. The van der Waals surface area contributed by atoms with Gasteiger partial charge in [0, 0.05) is 41.0 Å². The molecule has 22 heteroatoms. The first-order valence-corrected chi connectivity index (χ1v) is 17.6. The number of amides is 2. The molecule has 4 rings (SSSR count). The van der Waals surface area contributed by atoms with Gasteiger partial charge in [0.15, 0.2) is 11.5 Å². The van der Waals surface area contributed by atoms with E-state index >= 15 is 0 Å². The quantitative estimate of drug-likeness (QED) is 0.0469. The van der Waals surface area contributed by atoms with E-state index in [1.807, 2.05) is 5.32 Å². The number of rotatable bonds is 19. The standard InChI is InChI=1S/C34H32N3O18P/c38-16-2-5-19-25(12-16)55-26-13-17(39)3-6-20(26)29(19)18-4-1-15(11-21(18)31(44)45)30(43)36-22(32(46)47)7-9-27(40)35-24(34(50)51)14-54-56(52,53)37-23(33(48)49)8-10-28(41)42/h1-6,11-13,22-24,38H,7-10,14H2,(H,35,40)(H,36,43)(H,41,42)(H,44,45)(H,46,47)(H,48,49)(H,50,51)(H2,37,52,53)/p-1/t22-,23-,24-/m0/s1. The highest BCUT2D eigenvalue weighted by Crippen LogP contribution is 2.42. The normalized spacial score (nSPS) is 13.9. The van der Waals surface area contributed by atoms with Crippen molar-refractivity contribution in [2.24, 2.45) is 0 Å². The molecule has 2 aromatic rings. The molecule has 0 bridgehead atoms. The number of carboxylic acids is 5. The molecule has 1 aliphatic carbocycles. The second-order valence-corrected chi connectivity index (χ2v) is 13.5. The van der Waals surface area contributed by atoms with Crippen molar-refractivity contribution in [2.75, 3.05) is 6.61 Å². The molecular weight excluding hydrogens is 769 g/mol. The highest BCUT2D eigenvalue weighted by atomic mass is 31.2. The zero-order valence-electron chi connectivity index (χ0n) is 28.5. The highest BCUT2D eigenvalue weighted by Gasteiger charge is 2.32. The van der Waals surface area contributed by atoms with E-state index in [2.05, 4.69) is 9.84 Å². The lowest BCUT2D eigenvalue weighted by Crippen LogP contribution is -2.46. The third-order valence-corrected chi connectivity index (χ3v) is 9.16. The van der Waals surface area contributed by atoms with Crippen LogP contribution < -0.4 is 26.3 Å². The second kappa shape index (κ2) is 17.6. The van der Waals surface area contributed by atoms with Crippen LogP contribution in [0.4, 0.5) is 0 Å². The van der Waals surface area contributed by atoms with Crippen LogP contribution in [0.15, 0.2) is 63.8 Å². The van der Waals surface area contributed by atoms with Crippen LogP contribution in [0.5, 0.6) is 5.75 Å². The summed E-state index contributed by atoms with van der Waals surface area (Å²) in [6, 6.07) is 5.28. The minimum absolute atomic E-state index is 0.0449. The summed E-state index contributed by atoms with van der Waals surface area (Å²) in [5, 5.41) is 65.3. The van der Waals surface area contributed by atoms with Crippen LogP contribution in [-0.2, 0) is 33.1 Å². The van der Waals surface area contributed by atoms with E-state index in [9.17, 15) is 68.2 Å². The number of aromatic carboxylic acids is 1. The van der Waals surface area contributed by atoms with Gasteiger partial charge in [-0.3, -0.25) is 28.5 Å². The largest absolute Gasteiger partial charge is 0.872 e. The molecule has 0 spiro atoms. The average molecular weight is 801 g/mol. The van der Waals surface area contributed by atoms with Gasteiger partial charge in [0.25, 0.3) is 5.91 Å². The van der Waals surface area contributed by atoms with Crippen LogP contribution in [0.1, 0.15) is 46.4 Å². The first-order valence-electron chi connectivity index (χ1n) is 16.1. The number of fused-ring (bicyclic) bond motifs is 2. The van der Waals surface area contributed by atoms with Crippen molar-refractivity contribution in [2.45, 2.75) is 43.8 Å². The number of nitrogens with one attached hydrogen (secondary N) is 3. The van der Waals surface area contributed by atoms with E-state index in [-0.39, 0.29) is 28.0 Å². The SMILES string of the molecule is O=C(O)CC[C@H](NP(=O)(O)OC[C@H](NC(=O)CC[C@H](NC(=O)c1ccc(-c2c3ccc(=O)cc-3oc3cc([O-])ccc23)c(C(=O)O)c1)C(=O)O)C(=O)O)C(=O)O. The molecule has 2 aromatic carbocycles. The van der Waals surface area contributed by atoms with E-state index < -0.39 is 117 Å². The van der Waals surface area contributed by atoms with Crippen LogP contribution in [0.3, 0.4) is 0 Å². The minimum atomic E-state index is -5.07. The summed E-state index contributed by atoms with van der Waals surface area (Å²) in [4.78, 5) is 106. The van der Waals surface area contributed by atoms with Gasteiger partial charge in [-0.15, -0.1) is 5.75 Å². The minimum Gasteiger partial charge on any atom is -0.872 e. The highest BCUT2D eigenvalue weighted by molar-refractivity contribution is 7.50. The molecule has 0 saturated carbocycles. The van der Waals surface area contributed by atoms with Crippen LogP contribution in [0, 0.1) is 0 Å². The Hall–Kier alpha value is -6.67. The number of carboxylic acid groups (broad SMARTS) is 5. The Kier molecular flexibility index (Phi) is 13.3. The van der Waals surface area contributed by atoms with E-state index in [0.717, 1.165) is 18.2 Å². The van der Waals surface area contributed by atoms with Gasteiger partial charge in [0.05, 0.1) is 12.2 Å². The fourth-order valence-corrected chi connectivity index (χ4v) is 6.42. The molecule has 2 amide bonds. The monoisotopic (exact) mass is 800 g/mol. The predicted molar refractivity (Wildman–Crippen MR) is 186 cm³/mol. The molecule has 9 N–H and O–H groups in total. The summed E-state index contributed by atoms with van der Waals surface area (Å²) in [5.41, 5.74) is -0.530. The van der Waals surface area contributed by atoms with Crippen LogP contribution in [0.25, 0.3) is 33.4 Å². The smallest absolute Gasteiger partial charge is 0.403 e. The Morgan fingerprint density at radius 2 is 1.41 bits per heavy atom. The maximum absolute atomic E-state index is 13.2. The summed E-state index contributed by atoms with van der Waals surface area (Å²) < 4.78 is 22.6. The van der Waals surface area contributed by atoms with Crippen molar-refractivity contribution in [3.05, 3.63) is 75.9 Å². The van der Waals surface area contributed by atoms with Crippen molar-refractivity contribution in [1.29, 1.82) is 0 Å². The van der Waals surface area contributed by atoms with Gasteiger partial charge in [0.1, 0.15) is 23.4 Å². The third kappa shape index (κ3) is 10.7. The number of carbonyl (C=O) groups is 7. The first kappa shape index (κ1) is 42.1. The Labute approximate surface area is 313 Å². The van der Waals surface area contributed by atoms with E-state index in [0.29, 0.717) is 10.9 Å². The van der Waals surface area contributed by atoms with E-state index in [1.54, 1.807) is 5.09 Å². The van der Waals surface area contributed by atoms with Crippen molar-refractivity contribution in [1.82, 2.24) is 15.7 Å².